The van der Waals surface area contributed by atoms with Crippen LogP contribution in [0.5, 0.6) is 0 Å². The summed E-state index contributed by atoms with van der Waals surface area (Å²) in [6.45, 7) is 12.0. The quantitative estimate of drug-likeness (QED) is 0.813. The molecular weight excluding hydrogens is 208 g/mol. The summed E-state index contributed by atoms with van der Waals surface area (Å²) in [6, 6.07) is 2.23. The van der Waals surface area contributed by atoms with Crippen LogP contribution in [0.15, 0.2) is 0 Å². The molecule has 0 radical (unpaired) electrons. The van der Waals surface area contributed by atoms with E-state index in [1.165, 1.54) is 38.8 Å². The highest BCUT2D eigenvalue weighted by molar-refractivity contribution is 4.90. The minimum atomic E-state index is 0.628. The van der Waals surface area contributed by atoms with Gasteiger partial charge in [0, 0.05) is 31.2 Å². The highest BCUT2D eigenvalue weighted by Gasteiger charge is 2.34. The van der Waals surface area contributed by atoms with Gasteiger partial charge in [-0.15, -0.1) is 0 Å². The Bertz CT molecular complexity index is 239. The topological polar surface area (TPSA) is 15.3 Å². The molecule has 0 amide bonds. The molecule has 1 aliphatic carbocycles. The van der Waals surface area contributed by atoms with Gasteiger partial charge in [0.2, 0.25) is 0 Å². The van der Waals surface area contributed by atoms with Gasteiger partial charge in [-0.05, 0) is 37.5 Å². The van der Waals surface area contributed by atoms with Crippen LogP contribution in [-0.4, -0.2) is 36.1 Å². The first-order valence-corrected chi connectivity index (χ1v) is 7.56. The van der Waals surface area contributed by atoms with E-state index in [0.29, 0.717) is 6.04 Å². The predicted molar refractivity (Wildman–Crippen MR) is 74.2 cm³/mol. The summed E-state index contributed by atoms with van der Waals surface area (Å²) in [4.78, 5) is 2.76. The Balaban J connectivity index is 1.83. The Morgan fingerprint density at radius 2 is 1.88 bits per heavy atom. The van der Waals surface area contributed by atoms with Crippen molar-refractivity contribution >= 4 is 0 Å². The Kier molecular flexibility index (Phi) is 4.48. The zero-order valence-corrected chi connectivity index (χ0v) is 12.1. The second-order valence-electron chi connectivity index (χ2n) is 6.76. The maximum absolute atomic E-state index is 3.69. The normalized spacial score (nSPS) is 40.1. The molecule has 1 saturated heterocycles. The van der Waals surface area contributed by atoms with E-state index in [1.807, 2.05) is 0 Å². The van der Waals surface area contributed by atoms with E-state index in [4.69, 9.17) is 0 Å². The van der Waals surface area contributed by atoms with Crippen molar-refractivity contribution < 1.29 is 0 Å². The average molecular weight is 238 g/mol. The molecule has 2 heteroatoms. The number of nitrogens with zero attached hydrogens (tertiary/aromatic N) is 1. The molecular formula is C15H30N2. The third-order valence-corrected chi connectivity index (χ3v) is 4.64. The van der Waals surface area contributed by atoms with Crippen LogP contribution < -0.4 is 5.32 Å². The van der Waals surface area contributed by atoms with E-state index in [1.54, 1.807) is 0 Å². The molecule has 2 aliphatic rings. The van der Waals surface area contributed by atoms with Crippen LogP contribution in [0, 0.1) is 11.8 Å². The monoisotopic (exact) mass is 238 g/mol. The number of likely N-dealkylation sites (tertiary alicyclic amines) is 1. The Morgan fingerprint density at radius 1 is 1.12 bits per heavy atom. The van der Waals surface area contributed by atoms with Crippen molar-refractivity contribution in [1.29, 1.82) is 0 Å². The number of hydrogen-bond acceptors (Lipinski definition) is 2. The highest BCUT2D eigenvalue weighted by Crippen LogP contribution is 2.33. The molecule has 0 spiro atoms. The van der Waals surface area contributed by atoms with Crippen molar-refractivity contribution in [3.63, 3.8) is 0 Å². The summed E-state index contributed by atoms with van der Waals surface area (Å²) in [7, 11) is 0. The summed E-state index contributed by atoms with van der Waals surface area (Å²) >= 11 is 0. The van der Waals surface area contributed by atoms with Crippen LogP contribution >= 0.6 is 0 Å². The molecule has 1 heterocycles. The molecule has 100 valence electrons. The largest absolute Gasteiger partial charge is 0.310 e. The zero-order valence-electron chi connectivity index (χ0n) is 12.1. The summed E-state index contributed by atoms with van der Waals surface area (Å²) in [5, 5.41) is 3.69. The molecule has 0 bridgehead atoms. The molecule has 1 saturated carbocycles. The van der Waals surface area contributed by atoms with Gasteiger partial charge in [-0.1, -0.05) is 27.7 Å². The van der Waals surface area contributed by atoms with E-state index < -0.39 is 0 Å². The van der Waals surface area contributed by atoms with Crippen LogP contribution in [0.25, 0.3) is 0 Å². The van der Waals surface area contributed by atoms with Crippen molar-refractivity contribution in [2.45, 2.75) is 71.5 Å². The summed E-state index contributed by atoms with van der Waals surface area (Å²) in [6.07, 6.45) is 5.64. The van der Waals surface area contributed by atoms with Gasteiger partial charge in [0.05, 0.1) is 0 Å². The third-order valence-electron chi connectivity index (χ3n) is 4.64. The van der Waals surface area contributed by atoms with Crippen molar-refractivity contribution in [3.05, 3.63) is 0 Å². The summed E-state index contributed by atoms with van der Waals surface area (Å²) < 4.78 is 0. The first-order chi connectivity index (χ1) is 8.06. The highest BCUT2D eigenvalue weighted by atomic mass is 15.2. The van der Waals surface area contributed by atoms with Gasteiger partial charge in [-0.25, -0.2) is 0 Å². The van der Waals surface area contributed by atoms with Gasteiger partial charge in [-0.2, -0.15) is 0 Å². The van der Waals surface area contributed by atoms with Crippen LogP contribution in [-0.2, 0) is 0 Å². The molecule has 2 rings (SSSR count). The SMILES string of the molecule is CC1CCC(N2CCC(NC(C)C)C2)C(C)C1. The minimum absolute atomic E-state index is 0.628. The molecule has 17 heavy (non-hydrogen) atoms. The smallest absolute Gasteiger partial charge is 0.0209 e. The number of rotatable bonds is 3. The number of hydrogen-bond donors (Lipinski definition) is 1. The van der Waals surface area contributed by atoms with Crippen LogP contribution in [0.4, 0.5) is 0 Å². The second kappa shape index (κ2) is 5.71. The third kappa shape index (κ3) is 3.45. The lowest BCUT2D eigenvalue weighted by molar-refractivity contribution is 0.113. The molecule has 4 unspecified atom stereocenters. The lowest BCUT2D eigenvalue weighted by Crippen LogP contribution is -2.44. The van der Waals surface area contributed by atoms with E-state index in [9.17, 15) is 0 Å². The molecule has 1 aliphatic heterocycles. The van der Waals surface area contributed by atoms with Crippen molar-refractivity contribution in [2.75, 3.05) is 13.1 Å². The molecule has 4 atom stereocenters. The number of nitrogens with one attached hydrogen (secondary N) is 1. The Hall–Kier alpha value is -0.0800. The maximum atomic E-state index is 3.69. The average Bonchev–Trinajstić information content (AvgIpc) is 2.65. The van der Waals surface area contributed by atoms with Gasteiger partial charge < -0.3 is 5.32 Å². The Morgan fingerprint density at radius 3 is 2.53 bits per heavy atom. The van der Waals surface area contributed by atoms with E-state index in [2.05, 4.69) is 37.9 Å². The van der Waals surface area contributed by atoms with Crippen LogP contribution in [0.2, 0.25) is 0 Å². The van der Waals surface area contributed by atoms with Gasteiger partial charge in [0.25, 0.3) is 0 Å². The summed E-state index contributed by atoms with van der Waals surface area (Å²) in [5.74, 6) is 1.85. The fourth-order valence-electron chi connectivity index (χ4n) is 3.89. The van der Waals surface area contributed by atoms with Crippen LogP contribution in [0.3, 0.4) is 0 Å². The lowest BCUT2D eigenvalue weighted by atomic mass is 9.79. The lowest BCUT2D eigenvalue weighted by Gasteiger charge is -2.38. The van der Waals surface area contributed by atoms with Crippen molar-refractivity contribution in [1.82, 2.24) is 10.2 Å². The van der Waals surface area contributed by atoms with Crippen molar-refractivity contribution in [2.24, 2.45) is 11.8 Å². The predicted octanol–water partition coefficient (Wildman–Crippen LogP) is 2.88. The molecule has 0 aromatic rings. The molecule has 0 aromatic carbocycles. The molecule has 2 fully saturated rings. The fraction of sp³-hybridized carbons (Fsp3) is 1.00. The minimum Gasteiger partial charge on any atom is -0.310 e. The van der Waals surface area contributed by atoms with E-state index in [-0.39, 0.29) is 0 Å². The van der Waals surface area contributed by atoms with Crippen LogP contribution in [0.1, 0.15) is 53.4 Å². The fourth-order valence-corrected chi connectivity index (χ4v) is 3.89. The summed E-state index contributed by atoms with van der Waals surface area (Å²) in [5.41, 5.74) is 0. The standard InChI is InChI=1S/C15H30N2/c1-11(2)16-14-7-8-17(10-14)15-6-5-12(3)9-13(15)4/h11-16H,5-10H2,1-4H3. The van der Waals surface area contributed by atoms with E-state index >= 15 is 0 Å². The van der Waals surface area contributed by atoms with Gasteiger partial charge in [0.1, 0.15) is 0 Å². The van der Waals surface area contributed by atoms with Gasteiger partial charge >= 0.3 is 0 Å². The molecule has 1 N–H and O–H groups in total. The first kappa shape index (κ1) is 13.4. The second-order valence-corrected chi connectivity index (χ2v) is 6.76. The van der Waals surface area contributed by atoms with Crippen molar-refractivity contribution in [3.8, 4) is 0 Å². The molecule has 2 nitrogen and oxygen atoms in total. The Labute approximate surface area is 107 Å². The van der Waals surface area contributed by atoms with Gasteiger partial charge in [0.15, 0.2) is 0 Å². The molecule has 0 aromatic heterocycles. The van der Waals surface area contributed by atoms with Gasteiger partial charge in [-0.3, -0.25) is 4.90 Å². The zero-order chi connectivity index (χ0) is 12.4. The van der Waals surface area contributed by atoms with E-state index in [0.717, 1.165) is 23.9 Å². The first-order valence-electron chi connectivity index (χ1n) is 7.56. The maximum Gasteiger partial charge on any atom is 0.0209 e.